The Balaban J connectivity index is 2.53. The summed E-state index contributed by atoms with van der Waals surface area (Å²) in [6.07, 6.45) is 9.20. The van der Waals surface area contributed by atoms with E-state index in [1.54, 1.807) is 0 Å². The second-order valence-electron chi connectivity index (χ2n) is 6.05. The maximum atomic E-state index is 12.2. The Morgan fingerprint density at radius 2 is 1.94 bits per heavy atom. The predicted octanol–water partition coefficient (Wildman–Crippen LogP) is 2.98. The van der Waals surface area contributed by atoms with Crippen LogP contribution in [0.15, 0.2) is 0 Å². The van der Waals surface area contributed by atoms with Gasteiger partial charge in [0.25, 0.3) is 0 Å². The van der Waals surface area contributed by atoms with Crippen molar-refractivity contribution in [1.82, 2.24) is 5.32 Å². The Kier molecular flexibility index (Phi) is 6.13. The van der Waals surface area contributed by atoms with E-state index in [2.05, 4.69) is 19.2 Å². The molecule has 1 aliphatic carbocycles. The van der Waals surface area contributed by atoms with Crippen LogP contribution in [-0.4, -0.2) is 17.5 Å². The maximum Gasteiger partial charge on any atom is 0.240 e. The van der Waals surface area contributed by atoms with E-state index in [0.29, 0.717) is 12.0 Å². The summed E-state index contributed by atoms with van der Waals surface area (Å²) in [5.74, 6) is 0.687. The minimum Gasteiger partial charge on any atom is -0.352 e. The maximum absolute atomic E-state index is 12.2. The van der Waals surface area contributed by atoms with E-state index in [1.807, 2.05) is 6.92 Å². The molecular formula is C15H30N2O. The number of hydrogen-bond donors (Lipinski definition) is 2. The van der Waals surface area contributed by atoms with Crippen LogP contribution in [0.2, 0.25) is 0 Å². The lowest BCUT2D eigenvalue weighted by Crippen LogP contribution is -2.55. The quantitative estimate of drug-likeness (QED) is 0.765. The van der Waals surface area contributed by atoms with Crippen LogP contribution >= 0.6 is 0 Å². The van der Waals surface area contributed by atoms with Gasteiger partial charge in [-0.05, 0) is 38.5 Å². The van der Waals surface area contributed by atoms with Crippen molar-refractivity contribution < 1.29 is 4.79 Å². The molecule has 1 saturated carbocycles. The van der Waals surface area contributed by atoms with Gasteiger partial charge in [0.2, 0.25) is 5.91 Å². The highest BCUT2D eigenvalue weighted by Gasteiger charge is 2.31. The zero-order chi connectivity index (χ0) is 13.6. The first kappa shape index (κ1) is 15.5. The van der Waals surface area contributed by atoms with Gasteiger partial charge in [0.05, 0.1) is 5.54 Å². The van der Waals surface area contributed by atoms with Gasteiger partial charge < -0.3 is 11.1 Å². The van der Waals surface area contributed by atoms with E-state index < -0.39 is 5.54 Å². The summed E-state index contributed by atoms with van der Waals surface area (Å²) in [6.45, 7) is 6.07. The van der Waals surface area contributed by atoms with Crippen LogP contribution in [0, 0.1) is 5.92 Å². The monoisotopic (exact) mass is 254 g/mol. The fraction of sp³-hybridized carbons (Fsp3) is 0.933. The van der Waals surface area contributed by atoms with Gasteiger partial charge in [-0.1, -0.05) is 39.5 Å². The first-order chi connectivity index (χ1) is 8.51. The number of rotatable bonds is 6. The van der Waals surface area contributed by atoms with Gasteiger partial charge >= 0.3 is 0 Å². The molecule has 0 heterocycles. The second-order valence-corrected chi connectivity index (χ2v) is 6.05. The number of nitrogens with two attached hydrogens (primary N) is 1. The molecule has 1 amide bonds. The van der Waals surface area contributed by atoms with Crippen molar-refractivity contribution in [3.05, 3.63) is 0 Å². The number of carbonyl (C=O) groups excluding carboxylic acids is 1. The summed E-state index contributed by atoms with van der Waals surface area (Å²) in [5, 5.41) is 3.20. The standard InChI is InChI=1S/C15H30N2O/c1-4-11-15(3,16)14(18)17-13(5-2)12-9-7-6-8-10-12/h12-13H,4-11,16H2,1-3H3,(H,17,18). The molecule has 0 aliphatic heterocycles. The van der Waals surface area contributed by atoms with Gasteiger partial charge in [-0.15, -0.1) is 0 Å². The summed E-state index contributed by atoms with van der Waals surface area (Å²) in [5.41, 5.74) is 5.38. The Labute approximate surface area is 112 Å². The van der Waals surface area contributed by atoms with E-state index in [4.69, 9.17) is 5.73 Å². The van der Waals surface area contributed by atoms with Gasteiger partial charge in [-0.25, -0.2) is 0 Å². The molecule has 0 aromatic carbocycles. The predicted molar refractivity (Wildman–Crippen MR) is 76.3 cm³/mol. The Morgan fingerprint density at radius 3 is 2.44 bits per heavy atom. The Morgan fingerprint density at radius 1 is 1.33 bits per heavy atom. The number of hydrogen-bond acceptors (Lipinski definition) is 2. The SMILES string of the molecule is CCCC(C)(N)C(=O)NC(CC)C1CCCCC1. The zero-order valence-electron chi connectivity index (χ0n) is 12.3. The van der Waals surface area contributed by atoms with Gasteiger partial charge in [-0.3, -0.25) is 4.79 Å². The van der Waals surface area contributed by atoms with Crippen molar-refractivity contribution in [2.24, 2.45) is 11.7 Å². The molecule has 0 aromatic rings. The molecule has 18 heavy (non-hydrogen) atoms. The summed E-state index contributed by atoms with van der Waals surface area (Å²) in [4.78, 5) is 12.2. The Hall–Kier alpha value is -0.570. The van der Waals surface area contributed by atoms with E-state index in [0.717, 1.165) is 19.3 Å². The molecule has 1 rings (SSSR count). The van der Waals surface area contributed by atoms with Gasteiger partial charge in [0.1, 0.15) is 0 Å². The first-order valence-corrected chi connectivity index (χ1v) is 7.61. The molecule has 2 unspecified atom stereocenters. The van der Waals surface area contributed by atoms with Crippen molar-refractivity contribution in [2.45, 2.75) is 83.7 Å². The van der Waals surface area contributed by atoms with Crippen molar-refractivity contribution in [2.75, 3.05) is 0 Å². The average molecular weight is 254 g/mol. The summed E-state index contributed by atoms with van der Waals surface area (Å²) in [7, 11) is 0. The van der Waals surface area contributed by atoms with Gasteiger partial charge in [0, 0.05) is 6.04 Å². The summed E-state index contributed by atoms with van der Waals surface area (Å²) in [6, 6.07) is 0.317. The van der Waals surface area contributed by atoms with E-state index in [1.165, 1.54) is 32.1 Å². The number of amides is 1. The average Bonchev–Trinajstić information content (AvgIpc) is 2.36. The van der Waals surface area contributed by atoms with Crippen molar-refractivity contribution in [3.8, 4) is 0 Å². The van der Waals surface area contributed by atoms with E-state index in [9.17, 15) is 4.79 Å². The smallest absolute Gasteiger partial charge is 0.240 e. The molecule has 0 spiro atoms. The largest absolute Gasteiger partial charge is 0.352 e. The Bertz CT molecular complexity index is 257. The van der Waals surface area contributed by atoms with Crippen molar-refractivity contribution in [1.29, 1.82) is 0 Å². The minimum absolute atomic E-state index is 0.0294. The highest BCUT2D eigenvalue weighted by atomic mass is 16.2. The third-order valence-corrected chi connectivity index (χ3v) is 4.26. The molecule has 1 aliphatic rings. The van der Waals surface area contributed by atoms with Crippen LogP contribution in [0.5, 0.6) is 0 Å². The molecule has 0 bridgehead atoms. The van der Waals surface area contributed by atoms with Gasteiger partial charge in [0.15, 0.2) is 0 Å². The van der Waals surface area contributed by atoms with E-state index in [-0.39, 0.29) is 5.91 Å². The molecule has 2 atom stereocenters. The summed E-state index contributed by atoms with van der Waals surface area (Å²) < 4.78 is 0. The van der Waals surface area contributed by atoms with Crippen LogP contribution in [0.4, 0.5) is 0 Å². The fourth-order valence-electron chi connectivity index (χ4n) is 3.06. The molecule has 106 valence electrons. The molecule has 3 nitrogen and oxygen atoms in total. The third kappa shape index (κ3) is 4.27. The number of nitrogens with one attached hydrogen (secondary N) is 1. The van der Waals surface area contributed by atoms with Crippen LogP contribution in [0.25, 0.3) is 0 Å². The normalized spacial score (nSPS) is 22.2. The third-order valence-electron chi connectivity index (χ3n) is 4.26. The molecule has 0 aromatic heterocycles. The number of carbonyl (C=O) groups is 1. The topological polar surface area (TPSA) is 55.1 Å². The molecule has 3 N–H and O–H groups in total. The lowest BCUT2D eigenvalue weighted by atomic mass is 9.82. The lowest BCUT2D eigenvalue weighted by molar-refractivity contribution is -0.127. The van der Waals surface area contributed by atoms with Crippen molar-refractivity contribution >= 4 is 5.91 Å². The minimum atomic E-state index is -0.711. The van der Waals surface area contributed by atoms with Crippen LogP contribution < -0.4 is 11.1 Å². The highest BCUT2D eigenvalue weighted by molar-refractivity contribution is 5.85. The van der Waals surface area contributed by atoms with Gasteiger partial charge in [-0.2, -0.15) is 0 Å². The lowest BCUT2D eigenvalue weighted by Gasteiger charge is -2.33. The highest BCUT2D eigenvalue weighted by Crippen LogP contribution is 2.28. The molecule has 0 saturated heterocycles. The molecule has 3 heteroatoms. The fourth-order valence-corrected chi connectivity index (χ4v) is 3.06. The van der Waals surface area contributed by atoms with Crippen LogP contribution in [-0.2, 0) is 4.79 Å². The van der Waals surface area contributed by atoms with Crippen LogP contribution in [0.3, 0.4) is 0 Å². The van der Waals surface area contributed by atoms with Crippen LogP contribution in [0.1, 0.15) is 72.1 Å². The summed E-state index contributed by atoms with van der Waals surface area (Å²) >= 11 is 0. The second kappa shape index (κ2) is 7.13. The van der Waals surface area contributed by atoms with E-state index >= 15 is 0 Å². The molecule has 0 radical (unpaired) electrons. The molecular weight excluding hydrogens is 224 g/mol. The molecule has 1 fully saturated rings. The first-order valence-electron chi connectivity index (χ1n) is 7.61. The van der Waals surface area contributed by atoms with Crippen molar-refractivity contribution in [3.63, 3.8) is 0 Å². The zero-order valence-corrected chi connectivity index (χ0v) is 12.3.